The van der Waals surface area contributed by atoms with Crippen LogP contribution in [-0.4, -0.2) is 18.8 Å². The predicted octanol–water partition coefficient (Wildman–Crippen LogP) is 3.00. The van der Waals surface area contributed by atoms with Gasteiger partial charge >= 0.3 is 0 Å². The van der Waals surface area contributed by atoms with Crippen molar-refractivity contribution in [3.63, 3.8) is 0 Å². The molecule has 0 saturated carbocycles. The van der Waals surface area contributed by atoms with Crippen molar-refractivity contribution in [1.82, 2.24) is 5.32 Å². The maximum atomic E-state index is 5.95. The summed E-state index contributed by atoms with van der Waals surface area (Å²) in [5.74, 6) is 0. The molecule has 1 aliphatic heterocycles. The van der Waals surface area contributed by atoms with Crippen molar-refractivity contribution in [2.24, 2.45) is 0 Å². The van der Waals surface area contributed by atoms with Crippen LogP contribution in [0.4, 0.5) is 0 Å². The molecule has 0 aromatic heterocycles. The van der Waals surface area contributed by atoms with Gasteiger partial charge in [-0.1, -0.05) is 23.7 Å². The fraction of sp³-hybridized carbons (Fsp3) is 0.538. The lowest BCUT2D eigenvalue weighted by Gasteiger charge is -2.34. The fourth-order valence-electron chi connectivity index (χ4n) is 2.04. The third-order valence-electron chi connectivity index (χ3n) is 3.05. The van der Waals surface area contributed by atoms with Crippen LogP contribution in [0.5, 0.6) is 0 Å². The summed E-state index contributed by atoms with van der Waals surface area (Å²) in [7, 11) is 0. The van der Waals surface area contributed by atoms with Gasteiger partial charge in [-0.2, -0.15) is 0 Å². The van der Waals surface area contributed by atoms with E-state index in [9.17, 15) is 0 Å². The fourth-order valence-corrected chi connectivity index (χ4v) is 2.25. The highest BCUT2D eigenvalue weighted by Gasteiger charge is 2.26. The average Bonchev–Trinajstić information content (AvgIpc) is 2.28. The highest BCUT2D eigenvalue weighted by Crippen LogP contribution is 2.19. The van der Waals surface area contributed by atoms with E-state index in [0.717, 1.165) is 31.2 Å². The zero-order valence-electron chi connectivity index (χ0n) is 9.63. The van der Waals surface area contributed by atoms with Crippen molar-refractivity contribution in [3.8, 4) is 0 Å². The molecule has 1 fully saturated rings. The van der Waals surface area contributed by atoms with Crippen molar-refractivity contribution < 1.29 is 4.74 Å². The number of benzene rings is 1. The Labute approximate surface area is 102 Å². The third kappa shape index (κ3) is 3.21. The van der Waals surface area contributed by atoms with Crippen LogP contribution in [0, 0.1) is 0 Å². The topological polar surface area (TPSA) is 21.3 Å². The SMILES string of the molecule is CC1(NCc2cccc(Cl)c2)CCCOC1. The first-order valence-corrected chi connectivity index (χ1v) is 6.13. The first-order chi connectivity index (χ1) is 7.68. The van der Waals surface area contributed by atoms with Crippen molar-refractivity contribution in [3.05, 3.63) is 34.9 Å². The van der Waals surface area contributed by atoms with Gasteiger partial charge in [-0.15, -0.1) is 0 Å². The predicted molar refractivity (Wildman–Crippen MR) is 66.7 cm³/mol. The van der Waals surface area contributed by atoms with Crippen molar-refractivity contribution in [1.29, 1.82) is 0 Å². The maximum Gasteiger partial charge on any atom is 0.0645 e. The van der Waals surface area contributed by atoms with E-state index in [-0.39, 0.29) is 5.54 Å². The molecule has 1 aromatic rings. The molecule has 88 valence electrons. The van der Waals surface area contributed by atoms with Gasteiger partial charge in [0.2, 0.25) is 0 Å². The van der Waals surface area contributed by atoms with Crippen LogP contribution in [-0.2, 0) is 11.3 Å². The van der Waals surface area contributed by atoms with Gasteiger partial charge in [-0.3, -0.25) is 0 Å². The van der Waals surface area contributed by atoms with E-state index in [4.69, 9.17) is 16.3 Å². The van der Waals surface area contributed by atoms with Crippen LogP contribution in [0.2, 0.25) is 5.02 Å². The Morgan fingerprint density at radius 3 is 3.06 bits per heavy atom. The summed E-state index contributed by atoms with van der Waals surface area (Å²) >= 11 is 5.95. The molecule has 16 heavy (non-hydrogen) atoms. The second-order valence-corrected chi connectivity index (χ2v) is 5.14. The van der Waals surface area contributed by atoms with Crippen molar-refractivity contribution in [2.45, 2.75) is 31.8 Å². The van der Waals surface area contributed by atoms with Gasteiger partial charge in [-0.25, -0.2) is 0 Å². The van der Waals surface area contributed by atoms with Gasteiger partial charge in [0.15, 0.2) is 0 Å². The molecule has 2 nitrogen and oxygen atoms in total. The number of ether oxygens (including phenoxy) is 1. The molecule has 0 spiro atoms. The normalized spacial score (nSPS) is 25.6. The van der Waals surface area contributed by atoms with Crippen LogP contribution >= 0.6 is 11.6 Å². The minimum atomic E-state index is 0.112. The highest BCUT2D eigenvalue weighted by atomic mass is 35.5. The lowest BCUT2D eigenvalue weighted by Crippen LogP contribution is -2.48. The van der Waals surface area contributed by atoms with E-state index in [1.807, 2.05) is 18.2 Å². The Bertz CT molecular complexity index is 348. The Kier molecular flexibility index (Phi) is 3.85. The van der Waals surface area contributed by atoms with Crippen LogP contribution in [0.15, 0.2) is 24.3 Å². The van der Waals surface area contributed by atoms with Gasteiger partial charge in [0.05, 0.1) is 6.61 Å². The molecule has 1 saturated heterocycles. The zero-order valence-corrected chi connectivity index (χ0v) is 10.4. The summed E-state index contributed by atoms with van der Waals surface area (Å²) in [6.45, 7) is 4.76. The van der Waals surface area contributed by atoms with E-state index in [1.54, 1.807) is 0 Å². The van der Waals surface area contributed by atoms with E-state index in [0.29, 0.717) is 0 Å². The largest absolute Gasteiger partial charge is 0.380 e. The van der Waals surface area contributed by atoms with Crippen LogP contribution < -0.4 is 5.32 Å². The van der Waals surface area contributed by atoms with E-state index < -0.39 is 0 Å². The number of rotatable bonds is 3. The molecule has 1 atom stereocenters. The minimum absolute atomic E-state index is 0.112. The van der Waals surface area contributed by atoms with Gasteiger partial charge in [-0.05, 0) is 37.5 Å². The second-order valence-electron chi connectivity index (χ2n) is 4.70. The Hall–Kier alpha value is -0.570. The summed E-state index contributed by atoms with van der Waals surface area (Å²) in [4.78, 5) is 0. The summed E-state index contributed by atoms with van der Waals surface area (Å²) in [5.41, 5.74) is 1.33. The van der Waals surface area contributed by atoms with Crippen LogP contribution in [0.25, 0.3) is 0 Å². The summed E-state index contributed by atoms with van der Waals surface area (Å²) in [6.07, 6.45) is 2.31. The molecule has 1 aromatic carbocycles. The molecule has 1 heterocycles. The molecule has 1 unspecified atom stereocenters. The smallest absolute Gasteiger partial charge is 0.0645 e. The summed E-state index contributed by atoms with van der Waals surface area (Å²) in [6, 6.07) is 7.98. The quantitative estimate of drug-likeness (QED) is 0.876. The lowest BCUT2D eigenvalue weighted by atomic mass is 9.94. The standard InChI is InChI=1S/C13H18ClNO/c1-13(6-3-7-16-10-13)15-9-11-4-2-5-12(14)8-11/h2,4-5,8,15H,3,6-7,9-10H2,1H3. The molecule has 3 heteroatoms. The first kappa shape index (κ1) is 11.9. The lowest BCUT2D eigenvalue weighted by molar-refractivity contribution is 0.0278. The highest BCUT2D eigenvalue weighted by molar-refractivity contribution is 6.30. The average molecular weight is 240 g/mol. The van der Waals surface area contributed by atoms with E-state index in [2.05, 4.69) is 18.3 Å². The number of nitrogens with one attached hydrogen (secondary N) is 1. The number of halogens is 1. The molecule has 1 aliphatic rings. The van der Waals surface area contributed by atoms with E-state index >= 15 is 0 Å². The van der Waals surface area contributed by atoms with Gasteiger partial charge in [0, 0.05) is 23.7 Å². The maximum absolute atomic E-state index is 5.95. The Morgan fingerprint density at radius 2 is 2.38 bits per heavy atom. The first-order valence-electron chi connectivity index (χ1n) is 5.75. The monoisotopic (exact) mass is 239 g/mol. The van der Waals surface area contributed by atoms with Gasteiger partial charge in [0.1, 0.15) is 0 Å². The molecule has 0 radical (unpaired) electrons. The second kappa shape index (κ2) is 5.17. The summed E-state index contributed by atoms with van der Waals surface area (Å²) in [5, 5.41) is 4.35. The molecule has 1 N–H and O–H groups in total. The molecule has 0 bridgehead atoms. The minimum Gasteiger partial charge on any atom is -0.380 e. The van der Waals surface area contributed by atoms with Gasteiger partial charge < -0.3 is 10.1 Å². The molecular formula is C13H18ClNO. The summed E-state index contributed by atoms with van der Waals surface area (Å²) < 4.78 is 5.51. The van der Waals surface area contributed by atoms with Crippen molar-refractivity contribution in [2.75, 3.05) is 13.2 Å². The zero-order chi connectivity index (χ0) is 11.4. The van der Waals surface area contributed by atoms with Gasteiger partial charge in [0.25, 0.3) is 0 Å². The molecular weight excluding hydrogens is 222 g/mol. The number of hydrogen-bond acceptors (Lipinski definition) is 2. The molecule has 0 amide bonds. The Balaban J connectivity index is 1.91. The van der Waals surface area contributed by atoms with Crippen molar-refractivity contribution >= 4 is 11.6 Å². The number of hydrogen-bond donors (Lipinski definition) is 1. The third-order valence-corrected chi connectivity index (χ3v) is 3.28. The molecule has 0 aliphatic carbocycles. The van der Waals surface area contributed by atoms with E-state index in [1.165, 1.54) is 12.0 Å². The Morgan fingerprint density at radius 1 is 1.50 bits per heavy atom. The van der Waals surface area contributed by atoms with Crippen LogP contribution in [0.3, 0.4) is 0 Å². The molecule has 2 rings (SSSR count). The van der Waals surface area contributed by atoms with Crippen LogP contribution in [0.1, 0.15) is 25.3 Å².